The van der Waals surface area contributed by atoms with Gasteiger partial charge in [-0.2, -0.15) is 5.10 Å². The third-order valence-corrected chi connectivity index (χ3v) is 5.43. The summed E-state index contributed by atoms with van der Waals surface area (Å²) in [5.74, 6) is -0.776. The van der Waals surface area contributed by atoms with Gasteiger partial charge in [0.1, 0.15) is 0 Å². The Morgan fingerprint density at radius 2 is 1.97 bits per heavy atom. The maximum Gasteiger partial charge on any atom is 0.331 e. The molecule has 1 fully saturated rings. The minimum absolute atomic E-state index is 0.208. The van der Waals surface area contributed by atoms with Crippen LogP contribution in [0.3, 0.4) is 0 Å². The molecule has 0 N–H and O–H groups in total. The van der Waals surface area contributed by atoms with Gasteiger partial charge in [0.25, 0.3) is 5.91 Å². The van der Waals surface area contributed by atoms with Gasteiger partial charge >= 0.3 is 5.97 Å². The Balaban J connectivity index is 1.64. The van der Waals surface area contributed by atoms with Gasteiger partial charge in [-0.25, -0.2) is 4.79 Å². The number of nitrogens with zero attached hydrogens (tertiary/aromatic N) is 3. The molecule has 2 aromatic rings. The van der Waals surface area contributed by atoms with Crippen molar-refractivity contribution in [2.75, 3.05) is 26.3 Å². The van der Waals surface area contributed by atoms with E-state index in [-0.39, 0.29) is 5.91 Å². The zero-order chi connectivity index (χ0) is 21.7. The van der Waals surface area contributed by atoms with E-state index in [1.54, 1.807) is 17.9 Å². The first-order valence-electron chi connectivity index (χ1n) is 9.89. The second-order valence-corrected chi connectivity index (χ2v) is 7.59. The van der Waals surface area contributed by atoms with Crippen LogP contribution in [0.4, 0.5) is 0 Å². The van der Waals surface area contributed by atoms with Crippen molar-refractivity contribution >= 4 is 29.6 Å². The first-order valence-corrected chi connectivity index (χ1v) is 10.3. The summed E-state index contributed by atoms with van der Waals surface area (Å²) in [7, 11) is 0. The maximum atomic E-state index is 12.4. The van der Waals surface area contributed by atoms with Gasteiger partial charge in [0.05, 0.1) is 25.5 Å². The average molecular weight is 432 g/mol. The summed E-state index contributed by atoms with van der Waals surface area (Å²) in [6.07, 6.45) is 2.17. The molecule has 1 aliphatic rings. The highest BCUT2D eigenvalue weighted by Crippen LogP contribution is 2.20. The van der Waals surface area contributed by atoms with Crippen molar-refractivity contribution in [1.29, 1.82) is 0 Å². The lowest BCUT2D eigenvalue weighted by Gasteiger charge is -2.28. The van der Waals surface area contributed by atoms with Gasteiger partial charge in [-0.3, -0.25) is 9.48 Å². The first-order chi connectivity index (χ1) is 14.4. The van der Waals surface area contributed by atoms with E-state index in [1.807, 2.05) is 42.8 Å². The van der Waals surface area contributed by atoms with E-state index in [9.17, 15) is 9.59 Å². The van der Waals surface area contributed by atoms with Crippen LogP contribution in [0.15, 0.2) is 30.3 Å². The van der Waals surface area contributed by atoms with E-state index in [4.69, 9.17) is 21.1 Å². The quantitative estimate of drug-likeness (QED) is 0.519. The minimum Gasteiger partial charge on any atom is -0.449 e. The predicted octanol–water partition coefficient (Wildman–Crippen LogP) is 3.01. The number of hydrogen-bond acceptors (Lipinski definition) is 5. The molecule has 1 amide bonds. The molecule has 3 rings (SSSR count). The Morgan fingerprint density at radius 1 is 1.27 bits per heavy atom. The Labute approximate surface area is 181 Å². The molecule has 1 aromatic carbocycles. The number of hydrogen-bond donors (Lipinski definition) is 0. The molecule has 1 unspecified atom stereocenters. The van der Waals surface area contributed by atoms with Gasteiger partial charge in [-0.05, 0) is 38.5 Å². The van der Waals surface area contributed by atoms with Crippen LogP contribution in [0.1, 0.15) is 29.4 Å². The van der Waals surface area contributed by atoms with E-state index in [1.165, 1.54) is 6.08 Å². The Bertz CT molecular complexity index is 948. The topological polar surface area (TPSA) is 73.7 Å². The van der Waals surface area contributed by atoms with Gasteiger partial charge < -0.3 is 14.4 Å². The fourth-order valence-electron chi connectivity index (χ4n) is 3.35. The van der Waals surface area contributed by atoms with Gasteiger partial charge in [-0.15, -0.1) is 0 Å². The number of halogens is 1. The van der Waals surface area contributed by atoms with Crippen LogP contribution < -0.4 is 0 Å². The van der Waals surface area contributed by atoms with E-state index < -0.39 is 12.1 Å². The number of aromatic nitrogens is 2. The summed E-state index contributed by atoms with van der Waals surface area (Å²) in [4.78, 5) is 26.2. The van der Waals surface area contributed by atoms with Gasteiger partial charge in [0.15, 0.2) is 6.10 Å². The molecule has 30 heavy (non-hydrogen) atoms. The Hall–Kier alpha value is -2.64. The van der Waals surface area contributed by atoms with Crippen molar-refractivity contribution in [3.8, 4) is 0 Å². The lowest BCUT2D eigenvalue weighted by Crippen LogP contribution is -2.45. The molecular formula is C22H26ClN3O4. The van der Waals surface area contributed by atoms with Crippen LogP contribution in [0, 0.1) is 13.8 Å². The molecule has 0 bridgehead atoms. The highest BCUT2D eigenvalue weighted by molar-refractivity contribution is 6.31. The van der Waals surface area contributed by atoms with Crippen molar-refractivity contribution in [2.45, 2.75) is 33.4 Å². The number of amides is 1. The molecule has 0 aliphatic carbocycles. The van der Waals surface area contributed by atoms with Crippen LogP contribution in [0.25, 0.3) is 6.08 Å². The monoisotopic (exact) mass is 431 g/mol. The van der Waals surface area contributed by atoms with Crippen molar-refractivity contribution in [1.82, 2.24) is 14.7 Å². The zero-order valence-electron chi connectivity index (χ0n) is 17.4. The molecule has 7 nitrogen and oxygen atoms in total. The molecule has 0 radical (unpaired) electrons. The molecule has 0 spiro atoms. The number of rotatable bonds is 6. The van der Waals surface area contributed by atoms with E-state index in [0.29, 0.717) is 37.9 Å². The van der Waals surface area contributed by atoms with E-state index in [0.717, 1.165) is 22.5 Å². The predicted molar refractivity (Wildman–Crippen MR) is 114 cm³/mol. The summed E-state index contributed by atoms with van der Waals surface area (Å²) in [6.45, 7) is 7.97. The third kappa shape index (κ3) is 5.29. The van der Waals surface area contributed by atoms with Gasteiger partial charge in [0.2, 0.25) is 0 Å². The van der Waals surface area contributed by atoms with Crippen LogP contribution in [-0.4, -0.2) is 59.0 Å². The van der Waals surface area contributed by atoms with Crippen molar-refractivity contribution in [2.24, 2.45) is 0 Å². The zero-order valence-corrected chi connectivity index (χ0v) is 18.2. The maximum absolute atomic E-state index is 12.4. The van der Waals surface area contributed by atoms with Crippen LogP contribution >= 0.6 is 11.6 Å². The van der Waals surface area contributed by atoms with Crippen molar-refractivity contribution in [3.63, 3.8) is 0 Å². The molecule has 160 valence electrons. The fraction of sp³-hybridized carbons (Fsp3) is 0.409. The van der Waals surface area contributed by atoms with Crippen LogP contribution in [0.2, 0.25) is 5.02 Å². The second kappa shape index (κ2) is 9.91. The highest BCUT2D eigenvalue weighted by atomic mass is 35.5. The summed E-state index contributed by atoms with van der Waals surface area (Å²) in [5.41, 5.74) is 3.51. The number of carbonyl (C=O) groups excluding carboxylic acids is 2. The molecule has 2 heterocycles. The number of esters is 1. The van der Waals surface area contributed by atoms with Gasteiger partial charge in [0, 0.05) is 35.4 Å². The largest absolute Gasteiger partial charge is 0.449 e. The van der Waals surface area contributed by atoms with E-state index in [2.05, 4.69) is 5.10 Å². The van der Waals surface area contributed by atoms with Gasteiger partial charge in [-0.1, -0.05) is 29.8 Å². The second-order valence-electron chi connectivity index (χ2n) is 7.18. The number of aryl methyl sites for hydroxylation is 1. The van der Waals surface area contributed by atoms with Crippen molar-refractivity contribution < 1.29 is 19.1 Å². The first kappa shape index (κ1) is 22.1. The molecular weight excluding hydrogens is 406 g/mol. The summed E-state index contributed by atoms with van der Waals surface area (Å²) in [5, 5.41) is 5.24. The molecule has 1 aromatic heterocycles. The molecule has 1 saturated heterocycles. The summed E-state index contributed by atoms with van der Waals surface area (Å²) < 4.78 is 12.4. The number of ether oxygens (including phenoxy) is 2. The molecule has 1 atom stereocenters. The molecule has 8 heteroatoms. The van der Waals surface area contributed by atoms with E-state index >= 15 is 0 Å². The number of morpholine rings is 1. The molecule has 0 saturated carbocycles. The Morgan fingerprint density at radius 3 is 2.67 bits per heavy atom. The Kier molecular flexibility index (Phi) is 7.29. The summed E-state index contributed by atoms with van der Waals surface area (Å²) in [6, 6.07) is 7.62. The van der Waals surface area contributed by atoms with Crippen molar-refractivity contribution in [3.05, 3.63) is 57.9 Å². The normalized spacial score (nSPS) is 15.4. The fourth-order valence-corrected chi connectivity index (χ4v) is 3.55. The van der Waals surface area contributed by atoms with Crippen LogP contribution in [0.5, 0.6) is 0 Å². The summed E-state index contributed by atoms with van der Waals surface area (Å²) >= 11 is 6.25. The lowest BCUT2D eigenvalue weighted by atomic mass is 10.1. The third-order valence-electron chi connectivity index (χ3n) is 5.06. The minimum atomic E-state index is -0.842. The number of carbonyl (C=O) groups is 2. The highest BCUT2D eigenvalue weighted by Gasteiger charge is 2.24. The number of benzene rings is 1. The standard InChI is InChI=1S/C22H26ClN3O4/c1-15-19(16(2)26(24-15)14-18-6-4-5-7-20(18)23)8-9-21(27)30-17(3)22(28)25-10-12-29-13-11-25/h4-9,17H,10-14H2,1-3H3/b9-8+. The smallest absolute Gasteiger partial charge is 0.331 e. The van der Waals surface area contributed by atoms with Crippen LogP contribution in [-0.2, 0) is 25.6 Å². The lowest BCUT2D eigenvalue weighted by molar-refractivity contribution is -0.157. The SMILES string of the molecule is Cc1nn(Cc2ccccc2Cl)c(C)c1/C=C/C(=O)OC(C)C(=O)N1CCOCC1. The molecule has 1 aliphatic heterocycles. The average Bonchev–Trinajstić information content (AvgIpc) is 3.00.